The summed E-state index contributed by atoms with van der Waals surface area (Å²) in [6.07, 6.45) is 35.0. The number of carbonyl (C=O) groups excluding carboxylic acids is 3. The summed E-state index contributed by atoms with van der Waals surface area (Å²) in [4.78, 5) is 36.7. The largest absolute Gasteiger partial charge is 0.544 e. The lowest BCUT2D eigenvalue weighted by molar-refractivity contribution is -0.889. The van der Waals surface area contributed by atoms with Crippen LogP contribution in [0.15, 0.2) is 24.3 Å². The van der Waals surface area contributed by atoms with Crippen LogP contribution in [0.3, 0.4) is 0 Å². The van der Waals surface area contributed by atoms with Gasteiger partial charge in [0.1, 0.15) is 12.6 Å². The molecule has 50 heavy (non-hydrogen) atoms. The third-order valence-electron chi connectivity index (χ3n) is 9.10. The number of nitrogens with zero attached hydrogens (tertiary/aromatic N) is 1. The van der Waals surface area contributed by atoms with Crippen LogP contribution >= 0.6 is 0 Å². The Morgan fingerprint density at radius 2 is 1.10 bits per heavy atom. The smallest absolute Gasteiger partial charge is 0.306 e. The minimum absolute atomic E-state index is 0.0273. The molecule has 0 heterocycles. The highest BCUT2D eigenvalue weighted by Gasteiger charge is 2.25. The number of likely N-dealkylation sites (N-methyl/N-ethyl adjacent to an activating group) is 1. The first-order valence-corrected chi connectivity index (χ1v) is 20.4. The second kappa shape index (κ2) is 33.9. The van der Waals surface area contributed by atoms with Crippen LogP contribution in [0.1, 0.15) is 174 Å². The highest BCUT2D eigenvalue weighted by Crippen LogP contribution is 2.14. The maximum atomic E-state index is 12.6. The fourth-order valence-electron chi connectivity index (χ4n) is 5.89. The number of carboxylic acids is 1. The number of hydrogen-bond donors (Lipinski definition) is 0. The molecule has 0 bridgehead atoms. The van der Waals surface area contributed by atoms with Gasteiger partial charge in [-0.15, -0.1) is 0 Å². The molecule has 0 amide bonds. The van der Waals surface area contributed by atoms with Crippen LogP contribution in [0.4, 0.5) is 0 Å². The van der Waals surface area contributed by atoms with Crippen LogP contribution in [0, 0.1) is 0 Å². The molecule has 0 aromatic rings. The van der Waals surface area contributed by atoms with Crippen LogP contribution in [-0.4, -0.2) is 75.5 Å². The molecule has 0 aromatic heterocycles. The van der Waals surface area contributed by atoms with Gasteiger partial charge < -0.3 is 28.6 Å². The number of aliphatic carboxylic acids is 1. The fraction of sp³-hybridized carbons (Fsp3) is 0.833. The predicted octanol–water partition coefficient (Wildman–Crippen LogP) is 9.19. The zero-order chi connectivity index (χ0) is 37.1. The average molecular weight is 708 g/mol. The molecule has 0 saturated heterocycles. The van der Waals surface area contributed by atoms with Crippen molar-refractivity contribution in [3.8, 4) is 0 Å². The summed E-state index contributed by atoms with van der Waals surface area (Å²) in [5.41, 5.74) is 0. The normalized spacial score (nSPS) is 13.2. The van der Waals surface area contributed by atoms with E-state index in [1.165, 1.54) is 103 Å². The number of carboxylic acid groups (broad SMARTS) is 1. The van der Waals surface area contributed by atoms with Gasteiger partial charge in [0.05, 0.1) is 40.3 Å². The Morgan fingerprint density at radius 1 is 0.600 bits per heavy atom. The number of rotatable bonds is 36. The molecule has 0 spiro atoms. The van der Waals surface area contributed by atoms with Gasteiger partial charge in [0.2, 0.25) is 0 Å². The Bertz CT molecular complexity index is 880. The molecule has 0 aromatic carbocycles. The molecule has 0 aliphatic heterocycles. The zero-order valence-corrected chi connectivity index (χ0v) is 33.1. The number of allylic oxidation sites excluding steroid dienone is 4. The summed E-state index contributed by atoms with van der Waals surface area (Å²) in [5.74, 6) is -1.81. The number of ether oxygens (including phenoxy) is 3. The Kier molecular flexibility index (Phi) is 32.4. The Morgan fingerprint density at radius 3 is 1.62 bits per heavy atom. The second-order valence-corrected chi connectivity index (χ2v) is 14.9. The van der Waals surface area contributed by atoms with E-state index in [1.807, 2.05) is 6.08 Å². The molecule has 0 rings (SSSR count). The van der Waals surface area contributed by atoms with Gasteiger partial charge in [-0.2, -0.15) is 0 Å². The van der Waals surface area contributed by atoms with Crippen molar-refractivity contribution in [3.05, 3.63) is 24.3 Å². The van der Waals surface area contributed by atoms with Crippen LogP contribution in [0.25, 0.3) is 0 Å². The van der Waals surface area contributed by atoms with E-state index in [4.69, 9.17) is 14.2 Å². The maximum Gasteiger partial charge on any atom is 0.306 e. The highest BCUT2D eigenvalue weighted by molar-refractivity contribution is 5.70. The van der Waals surface area contributed by atoms with Crippen molar-refractivity contribution in [3.63, 3.8) is 0 Å². The monoisotopic (exact) mass is 708 g/mol. The number of carbonyl (C=O) groups is 3. The van der Waals surface area contributed by atoms with E-state index in [1.54, 1.807) is 21.1 Å². The van der Waals surface area contributed by atoms with Crippen LogP contribution in [-0.2, 0) is 28.6 Å². The first kappa shape index (κ1) is 47.8. The minimum Gasteiger partial charge on any atom is -0.544 e. The molecule has 292 valence electrons. The standard InChI is InChI=1S/C42H77NO7/c1-6-8-10-12-14-16-18-20-22-24-26-28-30-32-40(44)49-37-38(36-48-35-34-39(42(46)47)43(3,4)5)50-41(45)33-31-29-27-25-23-21-19-17-15-13-11-9-7-2/h20,22,26,28,38-39H,6-19,21,23-25,27,29-37H2,1-5H3/b22-20+,28-26+. The van der Waals surface area contributed by atoms with E-state index in [2.05, 4.69) is 32.1 Å². The highest BCUT2D eigenvalue weighted by atomic mass is 16.6. The second-order valence-electron chi connectivity index (χ2n) is 14.9. The molecule has 0 fully saturated rings. The Labute approximate surface area is 307 Å². The van der Waals surface area contributed by atoms with Gasteiger partial charge in [-0.3, -0.25) is 9.59 Å². The molecule has 8 heteroatoms. The van der Waals surface area contributed by atoms with Crippen molar-refractivity contribution in [2.75, 3.05) is 41.0 Å². The molecular weight excluding hydrogens is 630 g/mol. The summed E-state index contributed by atoms with van der Waals surface area (Å²) in [5, 5.41) is 11.6. The number of quaternary nitrogens is 1. The molecule has 0 N–H and O–H groups in total. The molecule has 0 saturated carbocycles. The molecule has 0 aliphatic rings. The molecule has 0 aliphatic carbocycles. The first-order valence-electron chi connectivity index (χ1n) is 20.4. The van der Waals surface area contributed by atoms with E-state index < -0.39 is 18.1 Å². The quantitative estimate of drug-likeness (QED) is 0.0277. The van der Waals surface area contributed by atoms with Crippen molar-refractivity contribution >= 4 is 17.9 Å². The third-order valence-corrected chi connectivity index (χ3v) is 9.10. The van der Waals surface area contributed by atoms with Crippen molar-refractivity contribution in [2.24, 2.45) is 0 Å². The summed E-state index contributed by atoms with van der Waals surface area (Å²) in [6, 6.07) is -0.728. The lowest BCUT2D eigenvalue weighted by Gasteiger charge is -2.34. The van der Waals surface area contributed by atoms with Crippen molar-refractivity contribution in [1.82, 2.24) is 0 Å². The third kappa shape index (κ3) is 31.8. The number of esters is 2. The molecule has 0 radical (unpaired) electrons. The van der Waals surface area contributed by atoms with E-state index in [-0.39, 0.29) is 49.1 Å². The van der Waals surface area contributed by atoms with Crippen molar-refractivity contribution in [2.45, 2.75) is 187 Å². The molecular formula is C42H77NO7. The van der Waals surface area contributed by atoms with Crippen LogP contribution in [0.5, 0.6) is 0 Å². The Hall–Kier alpha value is -2.19. The maximum absolute atomic E-state index is 12.6. The molecule has 8 nitrogen and oxygen atoms in total. The summed E-state index contributed by atoms with van der Waals surface area (Å²) in [7, 11) is 5.39. The van der Waals surface area contributed by atoms with Crippen molar-refractivity contribution < 1.29 is 38.2 Å². The SMILES string of the molecule is CCCCCCCC/C=C/C/C=C/CCC(=O)OCC(COCCC(C(=O)[O-])[N+](C)(C)C)OC(=O)CCCCCCCCCCCCCCC. The van der Waals surface area contributed by atoms with Crippen LogP contribution in [0.2, 0.25) is 0 Å². The fourth-order valence-corrected chi connectivity index (χ4v) is 5.89. The summed E-state index contributed by atoms with van der Waals surface area (Å²) < 4.78 is 17.0. The van der Waals surface area contributed by atoms with Gasteiger partial charge in [-0.25, -0.2) is 0 Å². The van der Waals surface area contributed by atoms with E-state index >= 15 is 0 Å². The van der Waals surface area contributed by atoms with Crippen LogP contribution < -0.4 is 5.11 Å². The number of unbranched alkanes of at least 4 members (excludes halogenated alkanes) is 18. The first-order chi connectivity index (χ1) is 24.1. The van der Waals surface area contributed by atoms with Gasteiger partial charge in [0.15, 0.2) is 6.10 Å². The van der Waals surface area contributed by atoms with Gasteiger partial charge in [-0.05, 0) is 32.1 Å². The summed E-state index contributed by atoms with van der Waals surface area (Å²) in [6.45, 7) is 4.59. The summed E-state index contributed by atoms with van der Waals surface area (Å²) >= 11 is 0. The molecule has 2 atom stereocenters. The lowest BCUT2D eigenvalue weighted by atomic mass is 10.0. The van der Waals surface area contributed by atoms with Gasteiger partial charge in [-0.1, -0.05) is 147 Å². The zero-order valence-electron chi connectivity index (χ0n) is 33.1. The topological polar surface area (TPSA) is 102 Å². The minimum atomic E-state index is -1.13. The van der Waals surface area contributed by atoms with E-state index in [0.29, 0.717) is 12.8 Å². The Balaban J connectivity index is 4.46. The molecule has 2 unspecified atom stereocenters. The van der Waals surface area contributed by atoms with E-state index in [9.17, 15) is 19.5 Å². The van der Waals surface area contributed by atoms with Gasteiger partial charge in [0, 0.05) is 19.3 Å². The van der Waals surface area contributed by atoms with Gasteiger partial charge >= 0.3 is 11.9 Å². The number of hydrogen-bond acceptors (Lipinski definition) is 7. The van der Waals surface area contributed by atoms with Crippen molar-refractivity contribution in [1.29, 1.82) is 0 Å². The van der Waals surface area contributed by atoms with E-state index in [0.717, 1.165) is 32.1 Å². The lowest BCUT2D eigenvalue weighted by Crippen LogP contribution is -2.55. The predicted molar refractivity (Wildman–Crippen MR) is 204 cm³/mol. The average Bonchev–Trinajstić information content (AvgIpc) is 3.06. The van der Waals surface area contributed by atoms with Gasteiger partial charge in [0.25, 0.3) is 0 Å².